The standard InChI is InChI=1S/C16H27NO/c1-12(2)15(13(3)4)11-17-10-14-8-6-7-9-16(14)18-5/h6-9,12-13,15,17H,10-11H2,1-5H3. The van der Waals surface area contributed by atoms with Gasteiger partial charge in [-0.15, -0.1) is 0 Å². The van der Waals surface area contributed by atoms with Crippen LogP contribution < -0.4 is 10.1 Å². The summed E-state index contributed by atoms with van der Waals surface area (Å²) >= 11 is 0. The lowest BCUT2D eigenvalue weighted by Gasteiger charge is -2.25. The van der Waals surface area contributed by atoms with Crippen molar-refractivity contribution in [3.63, 3.8) is 0 Å². The Morgan fingerprint density at radius 2 is 1.67 bits per heavy atom. The molecule has 0 atom stereocenters. The molecule has 1 rings (SSSR count). The van der Waals surface area contributed by atoms with Gasteiger partial charge in [-0.1, -0.05) is 45.9 Å². The molecule has 0 aliphatic carbocycles. The highest BCUT2D eigenvalue weighted by Crippen LogP contribution is 2.20. The Morgan fingerprint density at radius 3 is 2.22 bits per heavy atom. The van der Waals surface area contributed by atoms with E-state index in [2.05, 4.69) is 45.1 Å². The molecule has 0 spiro atoms. The van der Waals surface area contributed by atoms with Gasteiger partial charge in [-0.05, 0) is 30.4 Å². The molecule has 1 N–H and O–H groups in total. The Balaban J connectivity index is 2.50. The van der Waals surface area contributed by atoms with Crippen molar-refractivity contribution in [1.29, 1.82) is 0 Å². The number of methoxy groups -OCH3 is 1. The zero-order chi connectivity index (χ0) is 13.5. The van der Waals surface area contributed by atoms with Crippen LogP contribution >= 0.6 is 0 Å². The van der Waals surface area contributed by atoms with E-state index >= 15 is 0 Å². The van der Waals surface area contributed by atoms with Gasteiger partial charge in [-0.25, -0.2) is 0 Å². The third-order valence-corrected chi connectivity index (χ3v) is 3.60. The van der Waals surface area contributed by atoms with Gasteiger partial charge in [0, 0.05) is 12.1 Å². The number of hydrogen-bond donors (Lipinski definition) is 1. The van der Waals surface area contributed by atoms with Gasteiger partial charge in [0.2, 0.25) is 0 Å². The van der Waals surface area contributed by atoms with E-state index in [1.807, 2.05) is 12.1 Å². The van der Waals surface area contributed by atoms with Crippen molar-refractivity contribution in [2.75, 3.05) is 13.7 Å². The van der Waals surface area contributed by atoms with Gasteiger partial charge < -0.3 is 10.1 Å². The van der Waals surface area contributed by atoms with Crippen LogP contribution in [0.25, 0.3) is 0 Å². The maximum atomic E-state index is 5.36. The van der Waals surface area contributed by atoms with E-state index in [0.717, 1.165) is 36.6 Å². The van der Waals surface area contributed by atoms with Gasteiger partial charge in [0.25, 0.3) is 0 Å². The summed E-state index contributed by atoms with van der Waals surface area (Å²) in [5, 5.41) is 3.56. The number of hydrogen-bond acceptors (Lipinski definition) is 2. The van der Waals surface area contributed by atoms with Crippen molar-refractivity contribution in [2.24, 2.45) is 17.8 Å². The number of benzene rings is 1. The summed E-state index contributed by atoms with van der Waals surface area (Å²) in [5.41, 5.74) is 1.23. The molecule has 0 unspecified atom stereocenters. The van der Waals surface area contributed by atoms with Crippen LogP contribution in [0.4, 0.5) is 0 Å². The Morgan fingerprint density at radius 1 is 1.06 bits per heavy atom. The van der Waals surface area contributed by atoms with E-state index in [-0.39, 0.29) is 0 Å². The molecule has 1 aromatic carbocycles. The van der Waals surface area contributed by atoms with E-state index < -0.39 is 0 Å². The molecule has 0 amide bonds. The zero-order valence-electron chi connectivity index (χ0n) is 12.4. The molecule has 2 heteroatoms. The number of rotatable bonds is 7. The van der Waals surface area contributed by atoms with Gasteiger partial charge in [-0.3, -0.25) is 0 Å². The molecular formula is C16H27NO. The van der Waals surface area contributed by atoms with Crippen molar-refractivity contribution in [1.82, 2.24) is 5.32 Å². The van der Waals surface area contributed by atoms with Crippen LogP contribution in [-0.2, 0) is 6.54 Å². The average Bonchev–Trinajstić information content (AvgIpc) is 2.34. The predicted molar refractivity (Wildman–Crippen MR) is 77.9 cm³/mol. The minimum absolute atomic E-state index is 0.718. The van der Waals surface area contributed by atoms with E-state index in [1.54, 1.807) is 7.11 Å². The van der Waals surface area contributed by atoms with Gasteiger partial charge in [0.1, 0.15) is 5.75 Å². The lowest BCUT2D eigenvalue weighted by Crippen LogP contribution is -2.29. The second kappa shape index (κ2) is 7.42. The third-order valence-electron chi connectivity index (χ3n) is 3.60. The second-order valence-corrected chi connectivity index (χ2v) is 5.59. The van der Waals surface area contributed by atoms with Gasteiger partial charge in [0.15, 0.2) is 0 Å². The Bertz CT molecular complexity index is 339. The number of para-hydroxylation sites is 1. The summed E-state index contributed by atoms with van der Waals surface area (Å²) in [7, 11) is 1.73. The van der Waals surface area contributed by atoms with E-state index in [9.17, 15) is 0 Å². The average molecular weight is 249 g/mol. The monoisotopic (exact) mass is 249 g/mol. The van der Waals surface area contributed by atoms with Crippen molar-refractivity contribution < 1.29 is 4.74 Å². The molecule has 0 saturated carbocycles. The topological polar surface area (TPSA) is 21.3 Å². The SMILES string of the molecule is COc1ccccc1CNCC(C(C)C)C(C)C. The first-order valence-electron chi connectivity index (χ1n) is 6.88. The van der Waals surface area contributed by atoms with Gasteiger partial charge in [0.05, 0.1) is 7.11 Å². The fourth-order valence-electron chi connectivity index (χ4n) is 2.46. The Hall–Kier alpha value is -1.02. The van der Waals surface area contributed by atoms with Gasteiger partial charge in [-0.2, -0.15) is 0 Å². The van der Waals surface area contributed by atoms with Crippen molar-refractivity contribution in [2.45, 2.75) is 34.2 Å². The molecule has 102 valence electrons. The molecule has 18 heavy (non-hydrogen) atoms. The smallest absolute Gasteiger partial charge is 0.123 e. The molecule has 2 nitrogen and oxygen atoms in total. The molecule has 0 saturated heterocycles. The summed E-state index contributed by atoms with van der Waals surface area (Å²) in [6.07, 6.45) is 0. The Labute approximate surface area is 112 Å². The van der Waals surface area contributed by atoms with E-state index in [1.165, 1.54) is 5.56 Å². The van der Waals surface area contributed by atoms with E-state index in [4.69, 9.17) is 4.74 Å². The molecule has 0 aromatic heterocycles. The van der Waals surface area contributed by atoms with Crippen molar-refractivity contribution >= 4 is 0 Å². The fourth-order valence-corrected chi connectivity index (χ4v) is 2.46. The zero-order valence-corrected chi connectivity index (χ0v) is 12.4. The molecule has 0 heterocycles. The predicted octanol–water partition coefficient (Wildman–Crippen LogP) is 3.71. The third kappa shape index (κ3) is 4.34. The molecule has 0 fully saturated rings. The maximum absolute atomic E-state index is 5.36. The fraction of sp³-hybridized carbons (Fsp3) is 0.625. The van der Waals surface area contributed by atoms with Crippen LogP contribution in [-0.4, -0.2) is 13.7 Å². The number of nitrogens with one attached hydrogen (secondary N) is 1. The minimum atomic E-state index is 0.718. The summed E-state index contributed by atoms with van der Waals surface area (Å²) in [5.74, 6) is 3.13. The second-order valence-electron chi connectivity index (χ2n) is 5.59. The minimum Gasteiger partial charge on any atom is -0.496 e. The van der Waals surface area contributed by atoms with Crippen LogP contribution in [0.3, 0.4) is 0 Å². The van der Waals surface area contributed by atoms with Gasteiger partial charge >= 0.3 is 0 Å². The molecule has 0 aliphatic heterocycles. The number of ether oxygens (including phenoxy) is 1. The quantitative estimate of drug-likeness (QED) is 0.795. The van der Waals surface area contributed by atoms with Crippen LogP contribution in [0, 0.1) is 17.8 Å². The van der Waals surface area contributed by atoms with Crippen LogP contribution in [0.1, 0.15) is 33.3 Å². The van der Waals surface area contributed by atoms with Crippen molar-refractivity contribution in [3.05, 3.63) is 29.8 Å². The molecular weight excluding hydrogens is 222 g/mol. The highest BCUT2D eigenvalue weighted by molar-refractivity contribution is 5.32. The normalized spacial score (nSPS) is 11.6. The lowest BCUT2D eigenvalue weighted by molar-refractivity contribution is 0.275. The van der Waals surface area contributed by atoms with Crippen LogP contribution in [0.2, 0.25) is 0 Å². The summed E-state index contributed by atoms with van der Waals surface area (Å²) < 4.78 is 5.36. The molecule has 0 bridgehead atoms. The summed E-state index contributed by atoms with van der Waals surface area (Å²) in [6.45, 7) is 11.1. The summed E-state index contributed by atoms with van der Waals surface area (Å²) in [4.78, 5) is 0. The molecule has 0 aliphatic rings. The van der Waals surface area contributed by atoms with Crippen LogP contribution in [0.5, 0.6) is 5.75 Å². The highest BCUT2D eigenvalue weighted by Gasteiger charge is 2.16. The first kappa shape index (κ1) is 15.0. The maximum Gasteiger partial charge on any atom is 0.123 e. The lowest BCUT2D eigenvalue weighted by atomic mass is 9.85. The van der Waals surface area contributed by atoms with E-state index in [0.29, 0.717) is 0 Å². The largest absolute Gasteiger partial charge is 0.496 e. The van der Waals surface area contributed by atoms with Crippen LogP contribution in [0.15, 0.2) is 24.3 Å². The molecule has 1 aromatic rings. The highest BCUT2D eigenvalue weighted by atomic mass is 16.5. The summed E-state index contributed by atoms with van der Waals surface area (Å²) in [6, 6.07) is 8.19. The van der Waals surface area contributed by atoms with Crippen molar-refractivity contribution in [3.8, 4) is 5.75 Å². The first-order valence-corrected chi connectivity index (χ1v) is 6.88. The Kier molecular flexibility index (Phi) is 6.20. The molecule has 0 radical (unpaired) electrons. The first-order chi connectivity index (χ1) is 8.56.